The molecule has 0 unspecified atom stereocenters. The van der Waals surface area contributed by atoms with Crippen LogP contribution in [0.1, 0.15) is 5.56 Å². The Balaban J connectivity index is 2.36. The summed E-state index contributed by atoms with van der Waals surface area (Å²) in [5, 5.41) is 15.3. The van der Waals surface area contributed by atoms with E-state index in [9.17, 15) is 0 Å². The Morgan fingerprint density at radius 1 is 1.31 bits per heavy atom. The number of benzene rings is 1. The van der Waals surface area contributed by atoms with Gasteiger partial charge in [-0.2, -0.15) is 5.21 Å². The molecule has 0 bridgehead atoms. The summed E-state index contributed by atoms with van der Waals surface area (Å²) in [5.41, 5.74) is 3.40. The molecule has 1 N–H and O–H groups in total. The second kappa shape index (κ2) is 3.16. The van der Waals surface area contributed by atoms with Crippen LogP contribution in [0, 0.1) is 6.92 Å². The Morgan fingerprint density at radius 3 is 2.88 bits per heavy atom. The molecule has 0 aliphatic rings. The molecule has 3 aromatic rings. The summed E-state index contributed by atoms with van der Waals surface area (Å²) < 4.78 is 2.08. The Kier molecular flexibility index (Phi) is 1.80. The van der Waals surface area contributed by atoms with E-state index in [-0.39, 0.29) is 0 Å². The molecular formula is C11H11N5. The van der Waals surface area contributed by atoms with Crippen LogP contribution in [-0.4, -0.2) is 25.2 Å². The summed E-state index contributed by atoms with van der Waals surface area (Å²) in [7, 11) is 2.01. The van der Waals surface area contributed by atoms with Gasteiger partial charge in [0.15, 0.2) is 0 Å². The summed E-state index contributed by atoms with van der Waals surface area (Å²) >= 11 is 0. The number of aromatic nitrogens is 5. The zero-order valence-corrected chi connectivity index (χ0v) is 9.10. The molecule has 0 atom stereocenters. The van der Waals surface area contributed by atoms with Crippen LogP contribution in [0.4, 0.5) is 0 Å². The highest BCUT2D eigenvalue weighted by molar-refractivity contribution is 5.88. The van der Waals surface area contributed by atoms with Crippen molar-refractivity contribution in [1.82, 2.24) is 25.2 Å². The smallest absolute Gasteiger partial charge is 0.221 e. The van der Waals surface area contributed by atoms with Crippen molar-refractivity contribution in [2.45, 2.75) is 6.92 Å². The maximum absolute atomic E-state index is 4.00. The number of tetrazole rings is 1. The molecule has 80 valence electrons. The van der Waals surface area contributed by atoms with Gasteiger partial charge in [-0.15, -0.1) is 10.2 Å². The first-order valence-corrected chi connectivity index (χ1v) is 5.06. The highest BCUT2D eigenvalue weighted by Gasteiger charge is 2.11. The fourth-order valence-corrected chi connectivity index (χ4v) is 1.99. The number of aromatic amines is 1. The van der Waals surface area contributed by atoms with E-state index in [4.69, 9.17) is 0 Å². The van der Waals surface area contributed by atoms with Gasteiger partial charge in [0.25, 0.3) is 0 Å². The third-order valence-corrected chi connectivity index (χ3v) is 2.88. The number of nitrogens with zero attached hydrogens (tertiary/aromatic N) is 4. The van der Waals surface area contributed by atoms with Gasteiger partial charge in [0.05, 0.1) is 5.69 Å². The van der Waals surface area contributed by atoms with Crippen LogP contribution < -0.4 is 0 Å². The first kappa shape index (κ1) is 9.08. The maximum atomic E-state index is 4.00. The van der Waals surface area contributed by atoms with Gasteiger partial charge in [-0.1, -0.05) is 12.1 Å². The van der Waals surface area contributed by atoms with Crippen LogP contribution in [0.5, 0.6) is 0 Å². The molecular weight excluding hydrogens is 202 g/mol. The van der Waals surface area contributed by atoms with E-state index in [1.54, 1.807) is 0 Å². The van der Waals surface area contributed by atoms with Crippen molar-refractivity contribution in [2.24, 2.45) is 7.05 Å². The van der Waals surface area contributed by atoms with E-state index < -0.39 is 0 Å². The van der Waals surface area contributed by atoms with Gasteiger partial charge in [-0.25, -0.2) is 0 Å². The highest BCUT2D eigenvalue weighted by Crippen LogP contribution is 2.26. The summed E-state index contributed by atoms with van der Waals surface area (Å²) in [6, 6.07) is 8.33. The average Bonchev–Trinajstić information content (AvgIpc) is 2.88. The molecule has 5 heteroatoms. The number of fused-ring (bicyclic) bond motifs is 1. The predicted molar refractivity (Wildman–Crippen MR) is 60.8 cm³/mol. The Bertz CT molecular complexity index is 636. The van der Waals surface area contributed by atoms with E-state index >= 15 is 0 Å². The van der Waals surface area contributed by atoms with Gasteiger partial charge in [0, 0.05) is 18.0 Å². The Labute approximate surface area is 92.1 Å². The van der Waals surface area contributed by atoms with Crippen molar-refractivity contribution < 1.29 is 0 Å². The second-order valence-electron chi connectivity index (χ2n) is 3.83. The molecule has 2 aromatic heterocycles. The Morgan fingerprint density at radius 2 is 2.19 bits per heavy atom. The normalized spacial score (nSPS) is 11.1. The monoisotopic (exact) mass is 213 g/mol. The number of hydrogen-bond donors (Lipinski definition) is 1. The lowest BCUT2D eigenvalue weighted by atomic mass is 10.1. The van der Waals surface area contributed by atoms with Gasteiger partial charge >= 0.3 is 0 Å². The van der Waals surface area contributed by atoms with Crippen molar-refractivity contribution >= 4 is 10.9 Å². The summed E-state index contributed by atoms with van der Waals surface area (Å²) in [6.07, 6.45) is 0. The summed E-state index contributed by atoms with van der Waals surface area (Å²) in [4.78, 5) is 0. The molecule has 2 heterocycles. The number of aryl methyl sites for hydroxylation is 2. The average molecular weight is 213 g/mol. The van der Waals surface area contributed by atoms with Gasteiger partial charge < -0.3 is 4.57 Å². The fourth-order valence-electron chi connectivity index (χ4n) is 1.99. The van der Waals surface area contributed by atoms with Crippen molar-refractivity contribution in [1.29, 1.82) is 0 Å². The quantitative estimate of drug-likeness (QED) is 0.668. The second-order valence-corrected chi connectivity index (χ2v) is 3.83. The molecule has 16 heavy (non-hydrogen) atoms. The lowest BCUT2D eigenvalue weighted by Gasteiger charge is -1.99. The number of hydrogen-bond acceptors (Lipinski definition) is 3. The molecule has 3 rings (SSSR count). The van der Waals surface area contributed by atoms with Crippen LogP contribution in [0.25, 0.3) is 22.4 Å². The van der Waals surface area contributed by atoms with E-state index in [1.807, 2.05) is 7.05 Å². The van der Waals surface area contributed by atoms with E-state index in [0.717, 1.165) is 5.69 Å². The summed E-state index contributed by atoms with van der Waals surface area (Å²) in [6.45, 7) is 2.10. The van der Waals surface area contributed by atoms with Crippen LogP contribution in [0.2, 0.25) is 0 Å². The van der Waals surface area contributed by atoms with Gasteiger partial charge in [-0.05, 0) is 29.8 Å². The number of H-pyrrole nitrogens is 1. The van der Waals surface area contributed by atoms with Gasteiger partial charge in [0.1, 0.15) is 0 Å². The van der Waals surface area contributed by atoms with Gasteiger partial charge in [0.2, 0.25) is 5.82 Å². The van der Waals surface area contributed by atoms with Crippen molar-refractivity contribution in [3.63, 3.8) is 0 Å². The maximum Gasteiger partial charge on any atom is 0.221 e. The zero-order chi connectivity index (χ0) is 11.1. The topological polar surface area (TPSA) is 59.4 Å². The molecule has 0 spiro atoms. The van der Waals surface area contributed by atoms with Gasteiger partial charge in [-0.3, -0.25) is 0 Å². The first-order valence-electron chi connectivity index (χ1n) is 5.06. The first-order chi connectivity index (χ1) is 7.77. The molecule has 0 radical (unpaired) electrons. The van der Waals surface area contributed by atoms with E-state index in [0.29, 0.717) is 5.82 Å². The third-order valence-electron chi connectivity index (χ3n) is 2.88. The lowest BCUT2D eigenvalue weighted by molar-refractivity contribution is 0.881. The minimum atomic E-state index is 0.623. The van der Waals surface area contributed by atoms with Crippen LogP contribution in [0.15, 0.2) is 24.3 Å². The van der Waals surface area contributed by atoms with E-state index in [2.05, 4.69) is 56.4 Å². The molecule has 0 amide bonds. The molecule has 0 saturated carbocycles. The fraction of sp³-hybridized carbons (Fsp3) is 0.182. The largest absolute Gasteiger partial charge is 0.341 e. The van der Waals surface area contributed by atoms with Crippen LogP contribution in [0.3, 0.4) is 0 Å². The van der Waals surface area contributed by atoms with Crippen molar-refractivity contribution in [2.75, 3.05) is 0 Å². The number of nitrogens with one attached hydrogen (secondary N) is 1. The SMILES string of the molecule is Cc1cccc2c1cc(-c1nn[nH]n1)n2C. The molecule has 0 fully saturated rings. The van der Waals surface area contributed by atoms with E-state index in [1.165, 1.54) is 16.5 Å². The Hall–Kier alpha value is -2.17. The predicted octanol–water partition coefficient (Wildman–Crippen LogP) is 1.67. The standard InChI is InChI=1S/C11H11N5/c1-7-4-3-5-9-8(7)6-10(16(9)2)11-12-14-15-13-11/h3-6H,1-2H3,(H,12,13,14,15). The summed E-state index contributed by atoms with van der Waals surface area (Å²) in [5.74, 6) is 0.623. The molecule has 5 nitrogen and oxygen atoms in total. The van der Waals surface area contributed by atoms with Crippen LogP contribution >= 0.6 is 0 Å². The van der Waals surface area contributed by atoms with Crippen LogP contribution in [-0.2, 0) is 7.05 Å². The molecule has 0 aliphatic heterocycles. The molecule has 0 saturated heterocycles. The van der Waals surface area contributed by atoms with Crippen molar-refractivity contribution in [3.05, 3.63) is 29.8 Å². The van der Waals surface area contributed by atoms with Crippen molar-refractivity contribution in [3.8, 4) is 11.5 Å². The third kappa shape index (κ3) is 1.14. The minimum Gasteiger partial charge on any atom is -0.341 e. The zero-order valence-electron chi connectivity index (χ0n) is 9.10. The molecule has 0 aliphatic carbocycles. The number of rotatable bonds is 1. The molecule has 1 aromatic carbocycles. The lowest BCUT2D eigenvalue weighted by Crippen LogP contribution is -1.92. The highest BCUT2D eigenvalue weighted by atomic mass is 15.5. The minimum absolute atomic E-state index is 0.623.